The first-order valence-electron chi connectivity index (χ1n) is 8.20. The van der Waals surface area contributed by atoms with E-state index in [1.165, 1.54) is 0 Å². The molecule has 4 nitrogen and oxygen atoms in total. The zero-order valence-electron chi connectivity index (χ0n) is 14.9. The molecule has 0 bridgehead atoms. The highest BCUT2D eigenvalue weighted by Crippen LogP contribution is 2.17. The lowest BCUT2D eigenvalue weighted by molar-refractivity contribution is -0.137. The predicted octanol–water partition coefficient (Wildman–Crippen LogP) is 3.35. The molecule has 0 aliphatic carbocycles. The second-order valence-corrected chi connectivity index (χ2v) is 6.69. The smallest absolute Gasteiger partial charge is 0.248 e. The van der Waals surface area contributed by atoms with Crippen molar-refractivity contribution in [2.45, 2.75) is 59.5 Å². The summed E-state index contributed by atoms with van der Waals surface area (Å²) in [7, 11) is 3.25. The zero-order chi connectivity index (χ0) is 16.3. The maximum atomic E-state index is 11.9. The standard InChI is InChI=1S/C15H29NO2.C2H6O/c1-12(2)9-14(10-13(3)4)18-11-15(17)16-7-5-6-8-16;1-3-2/h12-14H,5-11H2,1-4H3;1-2H3. The van der Waals surface area contributed by atoms with Crippen LogP contribution in [0.3, 0.4) is 0 Å². The number of carbonyl (C=O) groups excluding carboxylic acids is 1. The van der Waals surface area contributed by atoms with Crippen LogP contribution in [-0.4, -0.2) is 50.8 Å². The second kappa shape index (κ2) is 12.0. The molecular formula is C17H35NO3. The fourth-order valence-corrected chi connectivity index (χ4v) is 2.53. The second-order valence-electron chi connectivity index (χ2n) is 6.69. The van der Waals surface area contributed by atoms with Crippen molar-refractivity contribution in [3.05, 3.63) is 0 Å². The van der Waals surface area contributed by atoms with E-state index in [0.717, 1.165) is 38.8 Å². The molecule has 126 valence electrons. The van der Waals surface area contributed by atoms with Crippen LogP contribution < -0.4 is 0 Å². The average Bonchev–Trinajstić information content (AvgIpc) is 2.89. The number of carbonyl (C=O) groups is 1. The molecule has 0 aromatic rings. The van der Waals surface area contributed by atoms with Crippen molar-refractivity contribution in [2.24, 2.45) is 11.8 Å². The number of hydrogen-bond acceptors (Lipinski definition) is 3. The number of methoxy groups -OCH3 is 1. The largest absolute Gasteiger partial charge is 0.388 e. The maximum absolute atomic E-state index is 11.9. The third-order valence-electron chi connectivity index (χ3n) is 3.37. The fourth-order valence-electron chi connectivity index (χ4n) is 2.53. The molecule has 1 rings (SSSR count). The number of nitrogens with zero attached hydrogens (tertiary/aromatic N) is 1. The van der Waals surface area contributed by atoms with E-state index in [4.69, 9.17) is 4.74 Å². The molecule has 1 heterocycles. The molecule has 0 N–H and O–H groups in total. The van der Waals surface area contributed by atoms with E-state index in [2.05, 4.69) is 32.4 Å². The van der Waals surface area contributed by atoms with E-state index >= 15 is 0 Å². The summed E-state index contributed by atoms with van der Waals surface area (Å²) in [6.07, 6.45) is 4.62. The van der Waals surface area contributed by atoms with Crippen LogP contribution in [0.4, 0.5) is 0 Å². The summed E-state index contributed by atoms with van der Waals surface area (Å²) < 4.78 is 10.1. The van der Waals surface area contributed by atoms with Gasteiger partial charge in [0.1, 0.15) is 6.61 Å². The zero-order valence-corrected chi connectivity index (χ0v) is 14.9. The summed E-state index contributed by atoms with van der Waals surface area (Å²) in [5.41, 5.74) is 0. The van der Waals surface area contributed by atoms with E-state index in [-0.39, 0.29) is 18.6 Å². The van der Waals surface area contributed by atoms with E-state index in [1.807, 2.05) is 4.90 Å². The van der Waals surface area contributed by atoms with Crippen LogP contribution in [0.15, 0.2) is 0 Å². The lowest BCUT2D eigenvalue weighted by Gasteiger charge is -2.23. The molecule has 0 atom stereocenters. The molecule has 21 heavy (non-hydrogen) atoms. The van der Waals surface area contributed by atoms with Gasteiger partial charge < -0.3 is 14.4 Å². The molecule has 4 heteroatoms. The Morgan fingerprint density at radius 2 is 1.43 bits per heavy atom. The highest BCUT2D eigenvalue weighted by molar-refractivity contribution is 5.77. The minimum absolute atomic E-state index is 0.171. The molecule has 1 aliphatic heterocycles. The molecule has 0 aromatic carbocycles. The number of likely N-dealkylation sites (tertiary alicyclic amines) is 1. The van der Waals surface area contributed by atoms with Crippen LogP contribution in [0.1, 0.15) is 53.4 Å². The highest BCUT2D eigenvalue weighted by atomic mass is 16.5. The van der Waals surface area contributed by atoms with Crippen LogP contribution in [0, 0.1) is 11.8 Å². The normalized spacial score (nSPS) is 14.8. The van der Waals surface area contributed by atoms with Crippen molar-refractivity contribution in [3.63, 3.8) is 0 Å². The Labute approximate surface area is 131 Å². The van der Waals surface area contributed by atoms with Crippen molar-refractivity contribution >= 4 is 5.91 Å². The molecule has 0 saturated carbocycles. The summed E-state index contributed by atoms with van der Waals surface area (Å²) in [6, 6.07) is 0. The van der Waals surface area contributed by atoms with Gasteiger partial charge >= 0.3 is 0 Å². The monoisotopic (exact) mass is 301 g/mol. The molecule has 1 saturated heterocycles. The molecular weight excluding hydrogens is 266 g/mol. The van der Waals surface area contributed by atoms with Gasteiger partial charge in [0, 0.05) is 27.3 Å². The molecule has 0 radical (unpaired) electrons. The predicted molar refractivity (Wildman–Crippen MR) is 87.4 cm³/mol. The van der Waals surface area contributed by atoms with Crippen molar-refractivity contribution < 1.29 is 14.3 Å². The van der Waals surface area contributed by atoms with E-state index in [1.54, 1.807) is 14.2 Å². The van der Waals surface area contributed by atoms with Gasteiger partial charge in [-0.15, -0.1) is 0 Å². The third-order valence-corrected chi connectivity index (χ3v) is 3.37. The Balaban J connectivity index is 0.00000122. The molecule has 1 amide bonds. The minimum Gasteiger partial charge on any atom is -0.388 e. The minimum atomic E-state index is 0.171. The number of amides is 1. The fraction of sp³-hybridized carbons (Fsp3) is 0.941. The van der Waals surface area contributed by atoms with Gasteiger partial charge in [-0.1, -0.05) is 27.7 Å². The molecule has 1 aliphatic rings. The van der Waals surface area contributed by atoms with Crippen LogP contribution in [-0.2, 0) is 14.3 Å². The summed E-state index contributed by atoms with van der Waals surface area (Å²) in [5, 5.41) is 0. The third kappa shape index (κ3) is 10.7. The summed E-state index contributed by atoms with van der Waals surface area (Å²) >= 11 is 0. The number of ether oxygens (including phenoxy) is 2. The van der Waals surface area contributed by atoms with Gasteiger partial charge in [0.2, 0.25) is 5.91 Å². The Morgan fingerprint density at radius 1 is 1.00 bits per heavy atom. The Kier molecular flexibility index (Phi) is 11.6. The first-order valence-corrected chi connectivity index (χ1v) is 8.20. The van der Waals surface area contributed by atoms with Gasteiger partial charge in [-0.2, -0.15) is 0 Å². The van der Waals surface area contributed by atoms with Crippen LogP contribution >= 0.6 is 0 Å². The van der Waals surface area contributed by atoms with Crippen molar-refractivity contribution in [3.8, 4) is 0 Å². The van der Waals surface area contributed by atoms with E-state index in [9.17, 15) is 4.79 Å². The van der Waals surface area contributed by atoms with Gasteiger partial charge in [0.25, 0.3) is 0 Å². The molecule has 0 aromatic heterocycles. The maximum Gasteiger partial charge on any atom is 0.248 e. The Bertz CT molecular complexity index is 251. The van der Waals surface area contributed by atoms with Crippen molar-refractivity contribution in [1.82, 2.24) is 4.90 Å². The van der Waals surface area contributed by atoms with Gasteiger partial charge in [-0.05, 0) is 37.5 Å². The summed E-state index contributed by atoms with van der Waals surface area (Å²) in [5.74, 6) is 1.41. The number of hydrogen-bond donors (Lipinski definition) is 0. The van der Waals surface area contributed by atoms with Crippen LogP contribution in [0.5, 0.6) is 0 Å². The topological polar surface area (TPSA) is 38.8 Å². The lowest BCUT2D eigenvalue weighted by Crippen LogP contribution is -2.33. The SMILES string of the molecule is CC(C)CC(CC(C)C)OCC(=O)N1CCCC1.COC. The Morgan fingerprint density at radius 3 is 1.81 bits per heavy atom. The van der Waals surface area contributed by atoms with Crippen molar-refractivity contribution in [1.29, 1.82) is 0 Å². The van der Waals surface area contributed by atoms with Crippen LogP contribution in [0.25, 0.3) is 0 Å². The number of rotatable bonds is 7. The average molecular weight is 301 g/mol. The lowest BCUT2D eigenvalue weighted by atomic mass is 9.98. The van der Waals surface area contributed by atoms with E-state index < -0.39 is 0 Å². The molecule has 0 unspecified atom stereocenters. The highest BCUT2D eigenvalue weighted by Gasteiger charge is 2.20. The van der Waals surface area contributed by atoms with E-state index in [0.29, 0.717) is 11.8 Å². The molecule has 1 fully saturated rings. The quantitative estimate of drug-likeness (QED) is 0.724. The van der Waals surface area contributed by atoms with Crippen molar-refractivity contribution in [2.75, 3.05) is 33.9 Å². The van der Waals surface area contributed by atoms with Crippen LogP contribution in [0.2, 0.25) is 0 Å². The first kappa shape index (κ1) is 20.4. The van der Waals surface area contributed by atoms with Gasteiger partial charge in [-0.3, -0.25) is 4.79 Å². The van der Waals surface area contributed by atoms with Gasteiger partial charge in [0.05, 0.1) is 6.10 Å². The van der Waals surface area contributed by atoms with Gasteiger partial charge in [0.15, 0.2) is 0 Å². The Hall–Kier alpha value is -0.610. The van der Waals surface area contributed by atoms with Gasteiger partial charge in [-0.25, -0.2) is 0 Å². The summed E-state index contributed by atoms with van der Waals surface area (Å²) in [4.78, 5) is 13.9. The molecule has 0 spiro atoms. The summed E-state index contributed by atoms with van der Waals surface area (Å²) in [6.45, 7) is 10.9. The first-order chi connectivity index (χ1) is 9.90.